The standard InChI is InChI=1S/C16H22N2O/c1-18(10-13-4-2-3-5-15(13)17)16(19)14-9-11-6-7-12(14)8-11/h2-5,11-12,14H,6-10,17H2,1H3. The molecular formula is C16H22N2O. The SMILES string of the molecule is CN(Cc1ccccc1N)C(=O)C1CC2CCC1C2. The number of benzene rings is 1. The van der Waals surface area contributed by atoms with Crippen molar-refractivity contribution in [2.75, 3.05) is 12.8 Å². The number of anilines is 1. The third-order valence-corrected chi connectivity index (χ3v) is 4.89. The van der Waals surface area contributed by atoms with Gasteiger partial charge in [0, 0.05) is 25.2 Å². The Bertz CT molecular complexity index is 485. The molecule has 2 bridgehead atoms. The van der Waals surface area contributed by atoms with Crippen LogP contribution in [-0.4, -0.2) is 17.9 Å². The second-order valence-electron chi connectivity index (χ2n) is 6.17. The molecule has 0 saturated heterocycles. The maximum atomic E-state index is 12.5. The quantitative estimate of drug-likeness (QED) is 0.847. The number of carbonyl (C=O) groups is 1. The van der Waals surface area contributed by atoms with Crippen molar-refractivity contribution in [2.45, 2.75) is 32.2 Å². The Morgan fingerprint density at radius 2 is 2.11 bits per heavy atom. The minimum atomic E-state index is 0.272. The molecule has 0 aliphatic heterocycles. The molecule has 3 rings (SSSR count). The second-order valence-corrected chi connectivity index (χ2v) is 6.17. The molecule has 0 aromatic heterocycles. The van der Waals surface area contributed by atoms with E-state index >= 15 is 0 Å². The summed E-state index contributed by atoms with van der Waals surface area (Å²) < 4.78 is 0. The highest BCUT2D eigenvalue weighted by Crippen LogP contribution is 2.48. The van der Waals surface area contributed by atoms with Crippen LogP contribution in [-0.2, 0) is 11.3 Å². The Morgan fingerprint density at radius 1 is 1.32 bits per heavy atom. The predicted molar refractivity (Wildman–Crippen MR) is 76.3 cm³/mol. The first-order chi connectivity index (χ1) is 9.15. The van der Waals surface area contributed by atoms with E-state index in [9.17, 15) is 4.79 Å². The van der Waals surface area contributed by atoms with Crippen LogP contribution in [0.25, 0.3) is 0 Å². The fourth-order valence-corrected chi connectivity index (χ4v) is 3.84. The summed E-state index contributed by atoms with van der Waals surface area (Å²) in [4.78, 5) is 14.4. The minimum Gasteiger partial charge on any atom is -0.398 e. The molecule has 0 heterocycles. The summed E-state index contributed by atoms with van der Waals surface area (Å²) in [5.74, 6) is 2.05. The number of fused-ring (bicyclic) bond motifs is 2. The number of hydrogen-bond donors (Lipinski definition) is 1. The van der Waals surface area contributed by atoms with Gasteiger partial charge in [-0.05, 0) is 42.7 Å². The normalized spacial score (nSPS) is 28.6. The van der Waals surface area contributed by atoms with Gasteiger partial charge in [-0.3, -0.25) is 4.79 Å². The van der Waals surface area contributed by atoms with Crippen LogP contribution in [0.1, 0.15) is 31.2 Å². The molecular weight excluding hydrogens is 236 g/mol. The summed E-state index contributed by atoms with van der Waals surface area (Å²) in [6.07, 6.45) is 4.97. The largest absolute Gasteiger partial charge is 0.398 e. The Labute approximate surface area is 114 Å². The molecule has 3 atom stereocenters. The van der Waals surface area contributed by atoms with E-state index in [-0.39, 0.29) is 5.92 Å². The van der Waals surface area contributed by atoms with Gasteiger partial charge < -0.3 is 10.6 Å². The lowest BCUT2D eigenvalue weighted by atomic mass is 9.88. The molecule has 1 aromatic carbocycles. The van der Waals surface area contributed by atoms with E-state index in [4.69, 9.17) is 5.73 Å². The lowest BCUT2D eigenvalue weighted by molar-refractivity contribution is -0.136. The molecule has 2 saturated carbocycles. The van der Waals surface area contributed by atoms with Gasteiger partial charge in [0.2, 0.25) is 5.91 Å². The molecule has 0 spiro atoms. The van der Waals surface area contributed by atoms with Crippen molar-refractivity contribution in [3.63, 3.8) is 0 Å². The highest BCUT2D eigenvalue weighted by atomic mass is 16.2. The zero-order chi connectivity index (χ0) is 13.4. The van der Waals surface area contributed by atoms with Gasteiger partial charge in [0.1, 0.15) is 0 Å². The molecule has 3 nitrogen and oxygen atoms in total. The molecule has 2 fully saturated rings. The van der Waals surface area contributed by atoms with Crippen molar-refractivity contribution < 1.29 is 4.79 Å². The lowest BCUT2D eigenvalue weighted by Gasteiger charge is -2.27. The molecule has 3 heteroatoms. The van der Waals surface area contributed by atoms with Crippen molar-refractivity contribution in [3.8, 4) is 0 Å². The van der Waals surface area contributed by atoms with Crippen LogP contribution in [0.2, 0.25) is 0 Å². The molecule has 2 aliphatic carbocycles. The topological polar surface area (TPSA) is 46.3 Å². The van der Waals surface area contributed by atoms with Gasteiger partial charge in [0.25, 0.3) is 0 Å². The Kier molecular flexibility index (Phi) is 3.21. The molecule has 1 aromatic rings. The first-order valence-corrected chi connectivity index (χ1v) is 7.23. The van der Waals surface area contributed by atoms with Crippen LogP contribution < -0.4 is 5.73 Å². The number of para-hydroxylation sites is 1. The minimum absolute atomic E-state index is 0.272. The zero-order valence-electron chi connectivity index (χ0n) is 11.5. The number of nitrogens with zero attached hydrogens (tertiary/aromatic N) is 1. The van der Waals surface area contributed by atoms with Crippen LogP contribution in [0.15, 0.2) is 24.3 Å². The van der Waals surface area contributed by atoms with Crippen molar-refractivity contribution in [1.29, 1.82) is 0 Å². The van der Waals surface area contributed by atoms with Gasteiger partial charge in [0.05, 0.1) is 0 Å². The molecule has 2 N–H and O–H groups in total. The average molecular weight is 258 g/mol. The van der Waals surface area contributed by atoms with E-state index in [1.165, 1.54) is 19.3 Å². The number of hydrogen-bond acceptors (Lipinski definition) is 2. The van der Waals surface area contributed by atoms with Gasteiger partial charge >= 0.3 is 0 Å². The van der Waals surface area contributed by atoms with Crippen molar-refractivity contribution in [2.24, 2.45) is 17.8 Å². The van der Waals surface area contributed by atoms with E-state index in [0.29, 0.717) is 18.4 Å². The van der Waals surface area contributed by atoms with Crippen molar-refractivity contribution in [1.82, 2.24) is 4.90 Å². The Hall–Kier alpha value is -1.51. The molecule has 1 amide bonds. The fourth-order valence-electron chi connectivity index (χ4n) is 3.84. The molecule has 102 valence electrons. The molecule has 0 radical (unpaired) electrons. The molecule has 2 aliphatic rings. The van der Waals surface area contributed by atoms with E-state index in [2.05, 4.69) is 0 Å². The van der Waals surface area contributed by atoms with E-state index < -0.39 is 0 Å². The van der Waals surface area contributed by atoms with E-state index in [0.717, 1.165) is 23.6 Å². The number of nitrogens with two attached hydrogens (primary N) is 1. The Morgan fingerprint density at radius 3 is 2.74 bits per heavy atom. The second kappa shape index (κ2) is 4.87. The van der Waals surface area contributed by atoms with Gasteiger partial charge in [-0.2, -0.15) is 0 Å². The summed E-state index contributed by atoms with van der Waals surface area (Å²) in [6.45, 7) is 0.624. The summed E-state index contributed by atoms with van der Waals surface area (Å²) in [5.41, 5.74) is 7.76. The zero-order valence-corrected chi connectivity index (χ0v) is 11.5. The van der Waals surface area contributed by atoms with Crippen LogP contribution in [0, 0.1) is 17.8 Å². The van der Waals surface area contributed by atoms with Crippen LogP contribution >= 0.6 is 0 Å². The monoisotopic (exact) mass is 258 g/mol. The van der Waals surface area contributed by atoms with Gasteiger partial charge in [-0.25, -0.2) is 0 Å². The highest BCUT2D eigenvalue weighted by Gasteiger charge is 2.43. The van der Waals surface area contributed by atoms with Gasteiger partial charge in [0.15, 0.2) is 0 Å². The molecule has 3 unspecified atom stereocenters. The third kappa shape index (κ3) is 2.34. The fraction of sp³-hybridized carbons (Fsp3) is 0.562. The summed E-state index contributed by atoms with van der Waals surface area (Å²) in [6, 6.07) is 7.79. The summed E-state index contributed by atoms with van der Waals surface area (Å²) in [7, 11) is 1.90. The van der Waals surface area contributed by atoms with Crippen LogP contribution in [0.5, 0.6) is 0 Å². The number of rotatable bonds is 3. The van der Waals surface area contributed by atoms with Gasteiger partial charge in [-0.15, -0.1) is 0 Å². The third-order valence-electron chi connectivity index (χ3n) is 4.89. The maximum absolute atomic E-state index is 12.5. The molecule has 19 heavy (non-hydrogen) atoms. The first-order valence-electron chi connectivity index (χ1n) is 7.23. The van der Waals surface area contributed by atoms with Crippen LogP contribution in [0.4, 0.5) is 5.69 Å². The van der Waals surface area contributed by atoms with Gasteiger partial charge in [-0.1, -0.05) is 24.6 Å². The summed E-state index contributed by atoms with van der Waals surface area (Å²) in [5, 5.41) is 0. The van der Waals surface area contributed by atoms with Crippen LogP contribution in [0.3, 0.4) is 0 Å². The number of nitrogen functional groups attached to an aromatic ring is 1. The lowest BCUT2D eigenvalue weighted by Crippen LogP contribution is -2.35. The maximum Gasteiger partial charge on any atom is 0.226 e. The average Bonchev–Trinajstić information content (AvgIpc) is 3.03. The van der Waals surface area contributed by atoms with E-state index in [1.807, 2.05) is 36.2 Å². The number of carbonyl (C=O) groups excluding carboxylic acids is 1. The smallest absolute Gasteiger partial charge is 0.226 e. The van der Waals surface area contributed by atoms with Crippen molar-refractivity contribution in [3.05, 3.63) is 29.8 Å². The first kappa shape index (κ1) is 12.5. The van der Waals surface area contributed by atoms with E-state index in [1.54, 1.807) is 0 Å². The predicted octanol–water partition coefficient (Wildman–Crippen LogP) is 2.66. The summed E-state index contributed by atoms with van der Waals surface area (Å²) >= 11 is 0. The highest BCUT2D eigenvalue weighted by molar-refractivity contribution is 5.79. The Balaban J connectivity index is 1.66. The number of amides is 1. The van der Waals surface area contributed by atoms with Crippen molar-refractivity contribution >= 4 is 11.6 Å².